The number of nitrogens with one attached hydrogen (secondary N) is 1. The van der Waals surface area contributed by atoms with Gasteiger partial charge < -0.3 is 5.32 Å². The molecule has 3 rings (SSSR count). The van der Waals surface area contributed by atoms with E-state index in [1.807, 2.05) is 24.3 Å². The number of aromatic nitrogens is 3. The molecule has 0 saturated carbocycles. The molecule has 2 aromatic heterocycles. The van der Waals surface area contributed by atoms with Crippen molar-refractivity contribution in [3.05, 3.63) is 76.7 Å². The van der Waals surface area contributed by atoms with Crippen LogP contribution in [-0.2, 0) is 17.8 Å². The summed E-state index contributed by atoms with van der Waals surface area (Å²) in [5.74, 6) is 0.592. The Hall–Kier alpha value is -3.60. The monoisotopic (exact) mass is 409 g/mol. The van der Waals surface area contributed by atoms with Gasteiger partial charge >= 0.3 is 0 Å². The molecule has 0 fully saturated rings. The van der Waals surface area contributed by atoms with Crippen molar-refractivity contribution in [2.45, 2.75) is 39.2 Å². The zero-order valence-electron chi connectivity index (χ0n) is 16.6. The van der Waals surface area contributed by atoms with Gasteiger partial charge in [-0.15, -0.1) is 0 Å². The van der Waals surface area contributed by atoms with Crippen molar-refractivity contribution in [3.63, 3.8) is 0 Å². The van der Waals surface area contributed by atoms with Crippen molar-refractivity contribution in [1.29, 1.82) is 5.26 Å². The minimum Gasteiger partial charge on any atom is -0.309 e. The van der Waals surface area contributed by atoms with Crippen molar-refractivity contribution >= 4 is 11.7 Å². The summed E-state index contributed by atoms with van der Waals surface area (Å²) in [6.45, 7) is 4.36. The fourth-order valence-electron chi connectivity index (χ4n) is 2.94. The summed E-state index contributed by atoms with van der Waals surface area (Å²) in [5.41, 5.74) is 1.76. The molecule has 8 heteroatoms. The summed E-state index contributed by atoms with van der Waals surface area (Å²) in [4.78, 5) is 16.1. The topological polar surface area (TPSA) is 83.6 Å². The maximum absolute atomic E-state index is 13.0. The third-order valence-corrected chi connectivity index (χ3v) is 4.55. The number of nitriles is 1. The molecular formula is C22H21F2N5O. The average molecular weight is 409 g/mol. The number of halogens is 2. The first-order chi connectivity index (χ1) is 14.4. The molecule has 0 spiro atoms. The standard InChI is InChI=1S/C22H21F2N5O/c1-14(2)16-5-3-15(4-6-16)11-20(30)27-19-9-10-29(28-19)13-18-8-7-17(12-25)21(26-18)22(23)24/h3-10,14,22H,11,13H2,1-2H3,(H,27,28,30). The number of hydrogen-bond donors (Lipinski definition) is 1. The molecule has 0 bridgehead atoms. The zero-order valence-corrected chi connectivity index (χ0v) is 16.6. The highest BCUT2D eigenvalue weighted by Crippen LogP contribution is 2.21. The third kappa shape index (κ3) is 5.26. The van der Waals surface area contributed by atoms with Crippen LogP contribution in [-0.4, -0.2) is 20.7 Å². The van der Waals surface area contributed by atoms with E-state index in [1.165, 1.54) is 22.4 Å². The SMILES string of the molecule is CC(C)c1ccc(CC(=O)Nc2ccn(Cc3ccc(C#N)c(C(F)F)n3)n2)cc1. The van der Waals surface area contributed by atoms with E-state index in [0.29, 0.717) is 17.4 Å². The van der Waals surface area contributed by atoms with Gasteiger partial charge in [0, 0.05) is 12.3 Å². The Labute approximate surface area is 173 Å². The number of hydrogen-bond acceptors (Lipinski definition) is 4. The first kappa shape index (κ1) is 21.1. The maximum Gasteiger partial charge on any atom is 0.281 e. The molecule has 0 aliphatic rings. The molecular weight excluding hydrogens is 388 g/mol. The van der Waals surface area contributed by atoms with Gasteiger partial charge in [0.25, 0.3) is 6.43 Å². The third-order valence-electron chi connectivity index (χ3n) is 4.55. The summed E-state index contributed by atoms with van der Waals surface area (Å²) >= 11 is 0. The molecule has 154 valence electrons. The quantitative estimate of drug-likeness (QED) is 0.625. The highest BCUT2D eigenvalue weighted by atomic mass is 19.3. The second kappa shape index (κ2) is 9.27. The molecule has 0 aliphatic carbocycles. The van der Waals surface area contributed by atoms with Crippen molar-refractivity contribution < 1.29 is 13.6 Å². The molecule has 3 aromatic rings. The van der Waals surface area contributed by atoms with Gasteiger partial charge in [-0.3, -0.25) is 9.48 Å². The van der Waals surface area contributed by atoms with E-state index < -0.39 is 12.1 Å². The number of benzene rings is 1. The van der Waals surface area contributed by atoms with Crippen LogP contribution >= 0.6 is 0 Å². The van der Waals surface area contributed by atoms with Crippen molar-refractivity contribution in [2.24, 2.45) is 0 Å². The molecule has 1 amide bonds. The largest absolute Gasteiger partial charge is 0.309 e. The van der Waals surface area contributed by atoms with Crippen LogP contribution in [0.4, 0.5) is 14.6 Å². The molecule has 1 N–H and O–H groups in total. The highest BCUT2D eigenvalue weighted by Gasteiger charge is 2.16. The summed E-state index contributed by atoms with van der Waals surface area (Å²) < 4.78 is 27.6. The number of pyridine rings is 1. The Balaban J connectivity index is 1.62. The van der Waals surface area contributed by atoms with Crippen LogP contribution in [0.25, 0.3) is 0 Å². The van der Waals surface area contributed by atoms with Gasteiger partial charge in [0.05, 0.1) is 24.2 Å². The fourth-order valence-corrected chi connectivity index (χ4v) is 2.94. The molecule has 1 aromatic carbocycles. The first-order valence-corrected chi connectivity index (χ1v) is 9.46. The molecule has 30 heavy (non-hydrogen) atoms. The summed E-state index contributed by atoms with van der Waals surface area (Å²) in [6.07, 6.45) is -0.989. The highest BCUT2D eigenvalue weighted by molar-refractivity contribution is 5.91. The Morgan fingerprint density at radius 3 is 2.53 bits per heavy atom. The summed E-state index contributed by atoms with van der Waals surface area (Å²) in [6, 6.07) is 14.1. The molecule has 0 unspecified atom stereocenters. The van der Waals surface area contributed by atoms with Crippen LogP contribution in [0.5, 0.6) is 0 Å². The Bertz CT molecular complexity index is 1070. The van der Waals surface area contributed by atoms with Crippen LogP contribution in [0, 0.1) is 11.3 Å². The second-order valence-electron chi connectivity index (χ2n) is 7.17. The van der Waals surface area contributed by atoms with Gasteiger partial charge in [0.1, 0.15) is 11.8 Å². The predicted octanol–water partition coefficient (Wildman–Crippen LogP) is 4.44. The van der Waals surface area contributed by atoms with Crippen LogP contribution in [0.3, 0.4) is 0 Å². The lowest BCUT2D eigenvalue weighted by atomic mass is 10.0. The minimum absolute atomic E-state index is 0.137. The normalized spacial score (nSPS) is 11.0. The number of nitrogens with zero attached hydrogens (tertiary/aromatic N) is 4. The van der Waals surface area contributed by atoms with Crippen LogP contribution in [0.15, 0.2) is 48.7 Å². The van der Waals surface area contributed by atoms with E-state index in [-0.39, 0.29) is 24.4 Å². The predicted molar refractivity (Wildman–Crippen MR) is 108 cm³/mol. The summed E-state index contributed by atoms with van der Waals surface area (Å²) in [5, 5.41) is 15.9. The number of carbonyl (C=O) groups excluding carboxylic acids is 1. The Kier molecular flexibility index (Phi) is 6.52. The maximum atomic E-state index is 13.0. The van der Waals surface area contributed by atoms with Crippen LogP contribution in [0.2, 0.25) is 0 Å². The molecule has 0 saturated heterocycles. The average Bonchev–Trinajstić information content (AvgIpc) is 3.14. The fraction of sp³-hybridized carbons (Fsp3) is 0.273. The number of anilines is 1. The van der Waals surface area contributed by atoms with E-state index in [2.05, 4.69) is 29.2 Å². The zero-order chi connectivity index (χ0) is 21.7. The van der Waals surface area contributed by atoms with Crippen LogP contribution in [0.1, 0.15) is 54.3 Å². The van der Waals surface area contributed by atoms with Gasteiger partial charge in [0.2, 0.25) is 5.91 Å². The minimum atomic E-state index is -2.83. The van der Waals surface area contributed by atoms with Crippen LogP contribution < -0.4 is 5.32 Å². The Morgan fingerprint density at radius 2 is 1.90 bits per heavy atom. The lowest BCUT2D eigenvalue weighted by Crippen LogP contribution is -2.15. The lowest BCUT2D eigenvalue weighted by molar-refractivity contribution is -0.115. The van der Waals surface area contributed by atoms with E-state index in [4.69, 9.17) is 5.26 Å². The lowest BCUT2D eigenvalue weighted by Gasteiger charge is -2.07. The van der Waals surface area contributed by atoms with Gasteiger partial charge in [-0.1, -0.05) is 38.1 Å². The molecule has 2 heterocycles. The van der Waals surface area contributed by atoms with E-state index >= 15 is 0 Å². The van der Waals surface area contributed by atoms with Gasteiger partial charge in [-0.2, -0.15) is 10.4 Å². The second-order valence-corrected chi connectivity index (χ2v) is 7.17. The molecule has 0 aliphatic heterocycles. The van der Waals surface area contributed by atoms with Gasteiger partial charge in [-0.05, 0) is 29.2 Å². The Morgan fingerprint density at radius 1 is 1.17 bits per heavy atom. The number of alkyl halides is 2. The van der Waals surface area contributed by atoms with Gasteiger partial charge in [0.15, 0.2) is 5.82 Å². The van der Waals surface area contributed by atoms with E-state index in [9.17, 15) is 13.6 Å². The smallest absolute Gasteiger partial charge is 0.281 e. The van der Waals surface area contributed by atoms with Crippen molar-refractivity contribution in [2.75, 3.05) is 5.32 Å². The molecule has 0 radical (unpaired) electrons. The van der Waals surface area contributed by atoms with E-state index in [0.717, 1.165) is 5.56 Å². The summed E-state index contributed by atoms with van der Waals surface area (Å²) in [7, 11) is 0. The molecule has 0 atom stereocenters. The number of carbonyl (C=O) groups is 1. The first-order valence-electron chi connectivity index (χ1n) is 9.46. The molecule has 6 nitrogen and oxygen atoms in total. The van der Waals surface area contributed by atoms with Gasteiger partial charge in [-0.25, -0.2) is 13.8 Å². The number of rotatable bonds is 7. The number of amides is 1. The van der Waals surface area contributed by atoms with Crippen molar-refractivity contribution in [1.82, 2.24) is 14.8 Å². The van der Waals surface area contributed by atoms with E-state index in [1.54, 1.807) is 18.3 Å². The van der Waals surface area contributed by atoms with Crippen molar-refractivity contribution in [3.8, 4) is 6.07 Å².